The highest BCUT2D eigenvalue weighted by atomic mass is 19.1. The van der Waals surface area contributed by atoms with E-state index in [0.29, 0.717) is 19.3 Å². The van der Waals surface area contributed by atoms with E-state index in [1.54, 1.807) is 17.0 Å². The highest BCUT2D eigenvalue weighted by Gasteiger charge is 2.31. The van der Waals surface area contributed by atoms with E-state index in [0.717, 1.165) is 42.4 Å². The van der Waals surface area contributed by atoms with Gasteiger partial charge in [-0.15, -0.1) is 0 Å². The molecule has 1 aliphatic carbocycles. The molecule has 2 amide bonds. The Morgan fingerprint density at radius 2 is 1.51 bits per heavy atom. The monoisotopic (exact) mass is 500 g/mol. The van der Waals surface area contributed by atoms with Crippen molar-refractivity contribution < 1.29 is 14.0 Å². The minimum atomic E-state index is -0.653. The first-order valence-electron chi connectivity index (χ1n) is 13.4. The minimum Gasteiger partial charge on any atom is -0.352 e. The molecular formula is C32H37FN2O2. The molecule has 1 atom stereocenters. The van der Waals surface area contributed by atoms with Crippen LogP contribution in [0.2, 0.25) is 0 Å². The average molecular weight is 501 g/mol. The Morgan fingerprint density at radius 3 is 2.19 bits per heavy atom. The number of carbonyl (C=O) groups excluding carboxylic acids is 2. The minimum absolute atomic E-state index is 0.0791. The number of rotatable bonds is 10. The molecule has 3 aromatic rings. The van der Waals surface area contributed by atoms with E-state index >= 15 is 0 Å². The van der Waals surface area contributed by atoms with Crippen LogP contribution >= 0.6 is 0 Å². The maximum Gasteiger partial charge on any atom is 0.243 e. The summed E-state index contributed by atoms with van der Waals surface area (Å²) in [6.07, 6.45) is 6.71. The van der Waals surface area contributed by atoms with Gasteiger partial charge in [0.2, 0.25) is 11.8 Å². The second-order valence-corrected chi connectivity index (χ2v) is 10.2. The van der Waals surface area contributed by atoms with Gasteiger partial charge >= 0.3 is 0 Å². The SMILES string of the molecule is Cc1ccc(CCC(=O)N(Cc2ccc(F)cc2)[C@H](Cc2ccccc2)C(=O)NC2CCCCC2)cc1. The van der Waals surface area contributed by atoms with Crippen molar-refractivity contribution in [3.63, 3.8) is 0 Å². The Hall–Kier alpha value is -3.47. The van der Waals surface area contributed by atoms with Gasteiger partial charge in [-0.3, -0.25) is 9.59 Å². The molecule has 0 aromatic heterocycles. The third kappa shape index (κ3) is 8.01. The molecule has 5 heteroatoms. The summed E-state index contributed by atoms with van der Waals surface area (Å²) in [7, 11) is 0. The van der Waals surface area contributed by atoms with Gasteiger partial charge < -0.3 is 10.2 Å². The van der Waals surface area contributed by atoms with Crippen molar-refractivity contribution in [2.45, 2.75) is 76.9 Å². The van der Waals surface area contributed by atoms with Gasteiger partial charge in [0.15, 0.2) is 0 Å². The summed E-state index contributed by atoms with van der Waals surface area (Å²) < 4.78 is 13.6. The van der Waals surface area contributed by atoms with Crippen LogP contribution in [0.4, 0.5) is 4.39 Å². The first kappa shape index (κ1) is 26.6. The molecule has 0 radical (unpaired) electrons. The molecule has 3 aromatic carbocycles. The van der Waals surface area contributed by atoms with Gasteiger partial charge in [-0.1, -0.05) is 91.6 Å². The Kier molecular flexibility index (Phi) is 9.47. The first-order valence-corrected chi connectivity index (χ1v) is 13.4. The number of amides is 2. The lowest BCUT2D eigenvalue weighted by atomic mass is 9.94. The molecule has 0 spiro atoms. The molecule has 0 heterocycles. The number of hydrogen-bond donors (Lipinski definition) is 1. The molecular weight excluding hydrogens is 463 g/mol. The fraction of sp³-hybridized carbons (Fsp3) is 0.375. The molecule has 0 aliphatic heterocycles. The lowest BCUT2D eigenvalue weighted by Gasteiger charge is -2.33. The third-order valence-corrected chi connectivity index (χ3v) is 7.24. The van der Waals surface area contributed by atoms with Crippen LogP contribution in [0, 0.1) is 12.7 Å². The van der Waals surface area contributed by atoms with E-state index in [9.17, 15) is 14.0 Å². The largest absolute Gasteiger partial charge is 0.352 e. The van der Waals surface area contributed by atoms with Gasteiger partial charge in [0, 0.05) is 25.4 Å². The van der Waals surface area contributed by atoms with E-state index in [2.05, 4.69) is 5.32 Å². The van der Waals surface area contributed by atoms with Crippen molar-refractivity contribution in [3.8, 4) is 0 Å². The Labute approximate surface area is 219 Å². The summed E-state index contributed by atoms with van der Waals surface area (Å²) in [5.74, 6) is -0.511. The quantitative estimate of drug-likeness (QED) is 0.363. The number of benzene rings is 3. The highest BCUT2D eigenvalue weighted by Crippen LogP contribution is 2.21. The molecule has 1 saturated carbocycles. The molecule has 4 rings (SSSR count). The summed E-state index contributed by atoms with van der Waals surface area (Å²) in [5, 5.41) is 3.26. The molecule has 4 nitrogen and oxygen atoms in total. The summed E-state index contributed by atoms with van der Waals surface area (Å²) in [6, 6.07) is 23.7. The van der Waals surface area contributed by atoms with Gasteiger partial charge in [0.1, 0.15) is 11.9 Å². The highest BCUT2D eigenvalue weighted by molar-refractivity contribution is 5.88. The van der Waals surface area contributed by atoms with Crippen LogP contribution in [0.25, 0.3) is 0 Å². The van der Waals surface area contributed by atoms with E-state index in [-0.39, 0.29) is 30.2 Å². The van der Waals surface area contributed by atoms with E-state index < -0.39 is 6.04 Å². The number of halogens is 1. The Balaban J connectivity index is 1.59. The van der Waals surface area contributed by atoms with Crippen molar-refractivity contribution in [1.82, 2.24) is 10.2 Å². The summed E-state index contributed by atoms with van der Waals surface area (Å²) in [4.78, 5) is 29.2. The van der Waals surface area contributed by atoms with Crippen LogP contribution in [0.15, 0.2) is 78.9 Å². The predicted molar refractivity (Wildman–Crippen MR) is 145 cm³/mol. The van der Waals surface area contributed by atoms with Crippen LogP contribution in [-0.4, -0.2) is 28.8 Å². The number of nitrogens with zero attached hydrogens (tertiary/aromatic N) is 1. The molecule has 37 heavy (non-hydrogen) atoms. The van der Waals surface area contributed by atoms with Gasteiger partial charge in [-0.2, -0.15) is 0 Å². The van der Waals surface area contributed by atoms with Crippen LogP contribution in [0.3, 0.4) is 0 Å². The number of hydrogen-bond acceptors (Lipinski definition) is 2. The second-order valence-electron chi connectivity index (χ2n) is 10.2. The van der Waals surface area contributed by atoms with Crippen molar-refractivity contribution in [2.24, 2.45) is 0 Å². The first-order chi connectivity index (χ1) is 18.0. The number of carbonyl (C=O) groups is 2. The molecule has 0 saturated heterocycles. The van der Waals surface area contributed by atoms with Crippen molar-refractivity contribution >= 4 is 11.8 Å². The van der Waals surface area contributed by atoms with Crippen LogP contribution in [0.1, 0.15) is 60.8 Å². The van der Waals surface area contributed by atoms with Gasteiger partial charge in [0.25, 0.3) is 0 Å². The van der Waals surface area contributed by atoms with Gasteiger partial charge in [-0.05, 0) is 55.0 Å². The van der Waals surface area contributed by atoms with E-state index in [1.165, 1.54) is 24.1 Å². The molecule has 1 fully saturated rings. The smallest absolute Gasteiger partial charge is 0.243 e. The fourth-order valence-electron chi connectivity index (χ4n) is 5.03. The number of nitrogens with one attached hydrogen (secondary N) is 1. The number of aryl methyl sites for hydroxylation is 2. The Bertz CT molecular complexity index is 1140. The molecule has 1 N–H and O–H groups in total. The van der Waals surface area contributed by atoms with Gasteiger partial charge in [-0.25, -0.2) is 4.39 Å². The third-order valence-electron chi connectivity index (χ3n) is 7.24. The van der Waals surface area contributed by atoms with E-state index in [1.807, 2.05) is 61.5 Å². The topological polar surface area (TPSA) is 49.4 Å². The van der Waals surface area contributed by atoms with Crippen LogP contribution < -0.4 is 5.32 Å². The summed E-state index contributed by atoms with van der Waals surface area (Å²) >= 11 is 0. The van der Waals surface area contributed by atoms with Crippen molar-refractivity contribution in [2.75, 3.05) is 0 Å². The molecule has 0 bridgehead atoms. The standard InChI is InChI=1S/C32H37FN2O2/c1-24-12-14-25(15-13-24)18-21-31(36)35(23-27-16-19-28(33)20-17-27)30(22-26-8-4-2-5-9-26)32(37)34-29-10-6-3-7-11-29/h2,4-5,8-9,12-17,19-20,29-30H,3,6-7,10-11,18,21-23H2,1H3,(H,34,37)/t30-/m1/s1. The molecule has 1 aliphatic rings. The van der Waals surface area contributed by atoms with Crippen LogP contribution in [-0.2, 0) is 29.0 Å². The fourth-order valence-corrected chi connectivity index (χ4v) is 5.03. The van der Waals surface area contributed by atoms with Crippen LogP contribution in [0.5, 0.6) is 0 Å². The van der Waals surface area contributed by atoms with Gasteiger partial charge in [0.05, 0.1) is 0 Å². The normalized spacial score (nSPS) is 14.6. The lowest BCUT2D eigenvalue weighted by Crippen LogP contribution is -2.52. The zero-order valence-electron chi connectivity index (χ0n) is 21.7. The molecule has 194 valence electrons. The summed E-state index contributed by atoms with van der Waals surface area (Å²) in [5.41, 5.74) is 4.07. The van der Waals surface area contributed by atoms with Crippen molar-refractivity contribution in [3.05, 3.63) is 107 Å². The van der Waals surface area contributed by atoms with E-state index in [4.69, 9.17) is 0 Å². The predicted octanol–water partition coefficient (Wildman–Crippen LogP) is 6.16. The Morgan fingerprint density at radius 1 is 0.865 bits per heavy atom. The summed E-state index contributed by atoms with van der Waals surface area (Å²) in [6.45, 7) is 2.29. The molecule has 0 unspecified atom stereocenters. The zero-order chi connectivity index (χ0) is 26.0. The average Bonchev–Trinajstić information content (AvgIpc) is 2.92. The second kappa shape index (κ2) is 13.2. The van der Waals surface area contributed by atoms with Crippen molar-refractivity contribution in [1.29, 1.82) is 0 Å². The maximum atomic E-state index is 13.8. The zero-order valence-corrected chi connectivity index (χ0v) is 21.7. The maximum absolute atomic E-state index is 13.8. The lowest BCUT2D eigenvalue weighted by molar-refractivity contribution is -0.141.